The smallest absolute Gasteiger partial charge is 0.231 e. The first kappa shape index (κ1) is 19.3. The zero-order chi connectivity index (χ0) is 20.5. The maximum Gasteiger partial charge on any atom is 0.231 e. The molecule has 4 saturated heterocycles. The molecule has 7 nitrogen and oxygen atoms in total. The highest BCUT2D eigenvalue weighted by Gasteiger charge is 2.69. The average molecular weight is 418 g/mol. The molecule has 6 aliphatic rings. The molecule has 30 heavy (non-hydrogen) atoms. The van der Waals surface area contributed by atoms with Crippen molar-refractivity contribution in [1.29, 1.82) is 0 Å². The van der Waals surface area contributed by atoms with E-state index < -0.39 is 17.7 Å². The Labute approximate surface area is 176 Å². The van der Waals surface area contributed by atoms with Gasteiger partial charge in [0.1, 0.15) is 0 Å². The van der Waals surface area contributed by atoms with Crippen molar-refractivity contribution in [2.75, 3.05) is 6.79 Å². The second-order valence-corrected chi connectivity index (χ2v) is 9.77. The van der Waals surface area contributed by atoms with Gasteiger partial charge in [-0.2, -0.15) is 0 Å². The molecule has 0 radical (unpaired) electrons. The first-order valence-corrected chi connectivity index (χ1v) is 11.2. The van der Waals surface area contributed by atoms with Gasteiger partial charge >= 0.3 is 0 Å². The largest absolute Gasteiger partial charge is 0.454 e. The molecule has 5 heterocycles. The second-order valence-electron chi connectivity index (χ2n) is 9.77. The Kier molecular flexibility index (Phi) is 4.38. The normalized spacial score (nSPS) is 46.4. The fraction of sp³-hybridized carbons (Fsp3) is 0.739. The van der Waals surface area contributed by atoms with Gasteiger partial charge in [-0.05, 0) is 55.7 Å². The summed E-state index contributed by atoms with van der Waals surface area (Å²) in [5.74, 6) is 2.13. The Morgan fingerprint density at radius 1 is 1.03 bits per heavy atom. The topological polar surface area (TPSA) is 64.6 Å². The predicted molar refractivity (Wildman–Crippen MR) is 104 cm³/mol. The lowest BCUT2D eigenvalue weighted by Gasteiger charge is -2.60. The lowest BCUT2D eigenvalue weighted by atomic mass is 9.58. The molecule has 0 N–H and O–H groups in total. The summed E-state index contributed by atoms with van der Waals surface area (Å²) in [4.78, 5) is 12.1. The number of fused-ring (bicyclic) bond motifs is 3. The summed E-state index contributed by atoms with van der Waals surface area (Å²) >= 11 is 0. The van der Waals surface area contributed by atoms with Crippen LogP contribution in [-0.2, 0) is 30.6 Å². The van der Waals surface area contributed by atoms with Crippen LogP contribution in [0.2, 0.25) is 0 Å². The molecule has 2 bridgehead atoms. The number of rotatable bonds is 3. The Hall–Kier alpha value is -1.38. The summed E-state index contributed by atoms with van der Waals surface area (Å²) in [6.07, 6.45) is 3.25. The summed E-state index contributed by atoms with van der Waals surface area (Å²) in [7, 11) is 0. The summed E-state index contributed by atoms with van der Waals surface area (Å²) in [5, 5.41) is 0. The third-order valence-electron chi connectivity index (χ3n) is 7.95. The molecule has 7 rings (SSSR count). The van der Waals surface area contributed by atoms with Crippen LogP contribution < -0.4 is 9.47 Å². The third-order valence-corrected chi connectivity index (χ3v) is 7.95. The van der Waals surface area contributed by atoms with Gasteiger partial charge in [-0.25, -0.2) is 9.78 Å². The summed E-state index contributed by atoms with van der Waals surface area (Å²) in [6, 6.07) is 5.90. The van der Waals surface area contributed by atoms with Gasteiger partial charge in [0.25, 0.3) is 0 Å². The Bertz CT molecular complexity index is 830. The lowest BCUT2D eigenvalue weighted by molar-refractivity contribution is -0.577. The van der Waals surface area contributed by atoms with Crippen molar-refractivity contribution in [3.63, 3.8) is 0 Å². The Morgan fingerprint density at radius 2 is 1.90 bits per heavy atom. The van der Waals surface area contributed by atoms with E-state index in [0.717, 1.165) is 36.3 Å². The molecule has 5 aliphatic heterocycles. The molecule has 0 unspecified atom stereocenters. The predicted octanol–water partition coefficient (Wildman–Crippen LogP) is 4.14. The van der Waals surface area contributed by atoms with Gasteiger partial charge < -0.3 is 23.7 Å². The zero-order valence-electron chi connectivity index (χ0n) is 17.8. The van der Waals surface area contributed by atoms with E-state index in [-0.39, 0.29) is 24.9 Å². The van der Waals surface area contributed by atoms with Gasteiger partial charge in [0.2, 0.25) is 12.6 Å². The maximum atomic E-state index is 6.47. The average Bonchev–Trinajstić information content (AvgIpc) is 3.09. The van der Waals surface area contributed by atoms with E-state index in [1.54, 1.807) is 0 Å². The molecule has 1 aliphatic carbocycles. The number of hydrogen-bond acceptors (Lipinski definition) is 7. The van der Waals surface area contributed by atoms with Crippen molar-refractivity contribution >= 4 is 0 Å². The summed E-state index contributed by atoms with van der Waals surface area (Å²) < 4.78 is 30.0. The molecule has 8 atom stereocenters. The SMILES string of the molecule is C[C@H]1[C@@H](OCc2ccc3c(c2)OCO3)O[C@@H]2O[C@@]3(C)CC[C@H]4[C@H](C)CC[C@@H]1[C@@]24OO3. The van der Waals surface area contributed by atoms with Crippen LogP contribution in [0.15, 0.2) is 18.2 Å². The molecular formula is C23H30O7. The summed E-state index contributed by atoms with van der Waals surface area (Å²) in [6.45, 7) is 7.18. The van der Waals surface area contributed by atoms with Crippen LogP contribution in [0.1, 0.15) is 52.0 Å². The van der Waals surface area contributed by atoms with Crippen molar-refractivity contribution in [3.8, 4) is 11.5 Å². The molecule has 7 heteroatoms. The van der Waals surface area contributed by atoms with E-state index in [4.69, 9.17) is 33.5 Å². The third kappa shape index (κ3) is 2.76. The molecule has 1 saturated carbocycles. The molecule has 1 aromatic carbocycles. The molecular weight excluding hydrogens is 388 g/mol. The molecule has 1 spiro atoms. The minimum Gasteiger partial charge on any atom is -0.454 e. The van der Waals surface area contributed by atoms with E-state index in [2.05, 4.69) is 13.8 Å². The second kappa shape index (κ2) is 6.81. The highest BCUT2D eigenvalue weighted by atomic mass is 17.3. The summed E-state index contributed by atoms with van der Waals surface area (Å²) in [5.41, 5.74) is 0.478. The highest BCUT2D eigenvalue weighted by molar-refractivity contribution is 5.44. The lowest BCUT2D eigenvalue weighted by Crippen LogP contribution is -2.70. The Morgan fingerprint density at radius 3 is 2.80 bits per heavy atom. The number of ether oxygens (including phenoxy) is 5. The first-order valence-electron chi connectivity index (χ1n) is 11.2. The number of hydrogen-bond donors (Lipinski definition) is 0. The van der Waals surface area contributed by atoms with E-state index in [1.807, 2.05) is 25.1 Å². The minimum atomic E-state index is -0.764. The van der Waals surface area contributed by atoms with Crippen LogP contribution >= 0.6 is 0 Å². The quantitative estimate of drug-likeness (QED) is 0.684. The van der Waals surface area contributed by atoms with Crippen LogP contribution in [0.5, 0.6) is 11.5 Å². The van der Waals surface area contributed by atoms with E-state index in [9.17, 15) is 0 Å². The fourth-order valence-electron chi connectivity index (χ4n) is 6.27. The molecule has 164 valence electrons. The monoisotopic (exact) mass is 418 g/mol. The van der Waals surface area contributed by atoms with Crippen LogP contribution in [0.25, 0.3) is 0 Å². The molecule has 5 fully saturated rings. The van der Waals surface area contributed by atoms with Crippen molar-refractivity contribution < 1.29 is 33.5 Å². The standard InChI is InChI=1S/C23H30O7/c1-13-4-6-17-14(2)20(24-11-15-5-7-18-19(10-15)26-12-25-18)27-21-23(17)16(13)8-9-22(3,28-21)29-30-23/h5,7,10,13-14,16-17,20-21H,4,6,8-9,11-12H2,1-3H3/t13-,14-,16+,17+,20+,21-,22-,23-/m1/s1. The van der Waals surface area contributed by atoms with E-state index in [1.165, 1.54) is 6.42 Å². The zero-order valence-corrected chi connectivity index (χ0v) is 17.8. The minimum absolute atomic E-state index is 0.167. The Balaban J connectivity index is 1.25. The van der Waals surface area contributed by atoms with Gasteiger partial charge in [0.15, 0.2) is 29.7 Å². The van der Waals surface area contributed by atoms with Crippen LogP contribution in [0, 0.1) is 23.7 Å². The van der Waals surface area contributed by atoms with Gasteiger partial charge in [0, 0.05) is 18.3 Å². The maximum absolute atomic E-state index is 6.47. The van der Waals surface area contributed by atoms with Gasteiger partial charge in [0.05, 0.1) is 6.61 Å². The van der Waals surface area contributed by atoms with Crippen LogP contribution in [0.3, 0.4) is 0 Å². The van der Waals surface area contributed by atoms with E-state index in [0.29, 0.717) is 18.4 Å². The van der Waals surface area contributed by atoms with Crippen molar-refractivity contribution in [2.45, 2.75) is 77.0 Å². The molecule has 0 amide bonds. The molecule has 0 aromatic heterocycles. The van der Waals surface area contributed by atoms with Crippen LogP contribution in [0.4, 0.5) is 0 Å². The van der Waals surface area contributed by atoms with E-state index >= 15 is 0 Å². The van der Waals surface area contributed by atoms with Gasteiger partial charge in [-0.1, -0.05) is 19.9 Å². The van der Waals surface area contributed by atoms with Gasteiger partial charge in [-0.15, -0.1) is 0 Å². The van der Waals surface area contributed by atoms with Crippen molar-refractivity contribution in [1.82, 2.24) is 0 Å². The highest BCUT2D eigenvalue weighted by Crippen LogP contribution is 2.60. The van der Waals surface area contributed by atoms with Crippen molar-refractivity contribution in [3.05, 3.63) is 23.8 Å². The van der Waals surface area contributed by atoms with Crippen molar-refractivity contribution in [2.24, 2.45) is 23.7 Å². The number of benzene rings is 1. The van der Waals surface area contributed by atoms with Gasteiger partial charge in [-0.3, -0.25) is 0 Å². The molecule has 1 aromatic rings. The first-order chi connectivity index (χ1) is 14.5. The fourth-order valence-corrected chi connectivity index (χ4v) is 6.27. The van der Waals surface area contributed by atoms with Crippen LogP contribution in [-0.4, -0.2) is 30.8 Å².